The molecule has 0 N–H and O–H groups in total. The summed E-state index contributed by atoms with van der Waals surface area (Å²) in [5, 5.41) is 0. The highest BCUT2D eigenvalue weighted by Gasteiger charge is 2.45. The Bertz CT molecular complexity index is 921. The second-order valence-electron chi connectivity index (χ2n) is 6.35. The number of carbonyl (C=O) groups is 1. The molecule has 1 aliphatic carbocycles. The van der Waals surface area contributed by atoms with E-state index in [1.165, 1.54) is 19.2 Å². The second-order valence-corrected chi connectivity index (χ2v) is 9.29. The fourth-order valence-electron chi connectivity index (χ4n) is 2.89. The fraction of sp³-hybridized carbons (Fsp3) is 0.316. The van der Waals surface area contributed by atoms with Crippen LogP contribution in [0.15, 0.2) is 51.8 Å². The molecule has 0 saturated heterocycles. The van der Waals surface area contributed by atoms with Gasteiger partial charge in [0.05, 0.1) is 17.9 Å². The van der Waals surface area contributed by atoms with Gasteiger partial charge in [-0.2, -0.15) is 0 Å². The predicted molar refractivity (Wildman–Crippen MR) is 101 cm³/mol. The van der Waals surface area contributed by atoms with Gasteiger partial charge < -0.3 is 9.47 Å². The molecule has 0 radical (unpaired) electrons. The highest BCUT2D eigenvalue weighted by atomic mass is 79.9. The van der Waals surface area contributed by atoms with Crippen LogP contribution in [0.25, 0.3) is 0 Å². The number of benzene rings is 2. The van der Waals surface area contributed by atoms with Crippen molar-refractivity contribution < 1.29 is 22.7 Å². The van der Waals surface area contributed by atoms with E-state index in [-0.39, 0.29) is 29.3 Å². The van der Waals surface area contributed by atoms with Gasteiger partial charge in [-0.15, -0.1) is 0 Å². The van der Waals surface area contributed by atoms with Crippen LogP contribution >= 0.6 is 15.9 Å². The Hall–Kier alpha value is -1.86. The minimum Gasteiger partial charge on any atom is -0.496 e. The van der Waals surface area contributed by atoms with Crippen molar-refractivity contribution in [2.45, 2.75) is 23.8 Å². The monoisotopic (exact) mass is 438 g/mol. The van der Waals surface area contributed by atoms with Gasteiger partial charge in [0.1, 0.15) is 12.4 Å². The third-order valence-corrected chi connectivity index (χ3v) is 6.08. The molecule has 0 bridgehead atoms. The van der Waals surface area contributed by atoms with Crippen LogP contribution in [0, 0.1) is 5.92 Å². The molecule has 0 aromatic heterocycles. The van der Waals surface area contributed by atoms with Crippen LogP contribution in [0.4, 0.5) is 0 Å². The van der Waals surface area contributed by atoms with Crippen LogP contribution in [0.1, 0.15) is 23.5 Å². The lowest BCUT2D eigenvalue weighted by molar-refractivity contribution is -0.146. The molecule has 3 rings (SSSR count). The maximum atomic E-state index is 12.3. The van der Waals surface area contributed by atoms with Crippen LogP contribution in [0.3, 0.4) is 0 Å². The number of methoxy groups -OCH3 is 1. The summed E-state index contributed by atoms with van der Waals surface area (Å²) in [5.74, 6) is 0.246. The molecule has 1 fully saturated rings. The summed E-state index contributed by atoms with van der Waals surface area (Å²) < 4.78 is 35.1. The topological polar surface area (TPSA) is 69.7 Å². The zero-order valence-corrected chi connectivity index (χ0v) is 16.8. The standard InChI is InChI=1S/C19H19BrO5S/c1-24-18-8-7-15(26(2,22)23)9-13(18)11-25-19(21)17-10-16(17)12-3-5-14(20)6-4-12/h3-9,16-17H,10-11H2,1-2H3/t16-,17+/m0/s1. The summed E-state index contributed by atoms with van der Waals surface area (Å²) in [4.78, 5) is 12.5. The van der Waals surface area contributed by atoms with Crippen LogP contribution in [-0.2, 0) is 26.0 Å². The minimum atomic E-state index is -3.34. The lowest BCUT2D eigenvalue weighted by Gasteiger charge is -2.11. The molecule has 2 aromatic carbocycles. The molecule has 138 valence electrons. The first kappa shape index (κ1) is 18.9. The molecule has 1 aliphatic rings. The molecule has 7 heteroatoms. The highest BCUT2D eigenvalue weighted by Crippen LogP contribution is 2.48. The molecule has 26 heavy (non-hydrogen) atoms. The Morgan fingerprint density at radius 2 is 1.88 bits per heavy atom. The quantitative estimate of drug-likeness (QED) is 0.642. The van der Waals surface area contributed by atoms with Crippen molar-refractivity contribution in [3.05, 3.63) is 58.1 Å². The lowest BCUT2D eigenvalue weighted by Crippen LogP contribution is -2.09. The van der Waals surface area contributed by atoms with Gasteiger partial charge in [-0.1, -0.05) is 28.1 Å². The maximum Gasteiger partial charge on any atom is 0.309 e. The van der Waals surface area contributed by atoms with Crippen molar-refractivity contribution in [2.24, 2.45) is 5.92 Å². The summed E-state index contributed by atoms with van der Waals surface area (Å²) in [6.07, 6.45) is 1.90. The molecule has 2 aromatic rings. The van der Waals surface area contributed by atoms with E-state index >= 15 is 0 Å². The Morgan fingerprint density at radius 3 is 2.50 bits per heavy atom. The number of sulfone groups is 1. The van der Waals surface area contributed by atoms with Gasteiger partial charge in [-0.25, -0.2) is 8.42 Å². The lowest BCUT2D eigenvalue weighted by atomic mass is 10.1. The van der Waals surface area contributed by atoms with Crippen LogP contribution < -0.4 is 4.74 Å². The zero-order chi connectivity index (χ0) is 18.9. The summed E-state index contributed by atoms with van der Waals surface area (Å²) in [6.45, 7) is -0.0189. The van der Waals surface area contributed by atoms with Crippen molar-refractivity contribution >= 4 is 31.7 Å². The van der Waals surface area contributed by atoms with Gasteiger partial charge in [0.25, 0.3) is 0 Å². The number of halogens is 1. The molecule has 2 atom stereocenters. The van der Waals surface area contributed by atoms with Crippen LogP contribution in [0.5, 0.6) is 5.75 Å². The summed E-state index contributed by atoms with van der Waals surface area (Å²) >= 11 is 3.40. The van der Waals surface area contributed by atoms with E-state index in [0.717, 1.165) is 22.7 Å². The fourth-order valence-corrected chi connectivity index (χ4v) is 3.82. The number of hydrogen-bond acceptors (Lipinski definition) is 5. The number of hydrogen-bond donors (Lipinski definition) is 0. The third kappa shape index (κ3) is 4.27. The van der Waals surface area contributed by atoms with Gasteiger partial charge in [-0.05, 0) is 48.2 Å². The van der Waals surface area contributed by atoms with Gasteiger partial charge in [0.2, 0.25) is 0 Å². The normalized spacial score (nSPS) is 19.0. The molecule has 0 spiro atoms. The summed E-state index contributed by atoms with van der Waals surface area (Å²) in [6, 6.07) is 12.4. The van der Waals surface area contributed by atoms with Crippen molar-refractivity contribution in [2.75, 3.05) is 13.4 Å². The average Bonchev–Trinajstić information content (AvgIpc) is 3.40. The van der Waals surface area contributed by atoms with Gasteiger partial charge >= 0.3 is 5.97 Å². The number of rotatable bonds is 6. The Labute approximate surface area is 161 Å². The van der Waals surface area contributed by atoms with E-state index in [9.17, 15) is 13.2 Å². The van der Waals surface area contributed by atoms with E-state index in [0.29, 0.717) is 11.3 Å². The van der Waals surface area contributed by atoms with Crippen LogP contribution in [0.2, 0.25) is 0 Å². The van der Waals surface area contributed by atoms with E-state index in [1.54, 1.807) is 6.07 Å². The minimum absolute atomic E-state index is 0.0189. The first-order chi connectivity index (χ1) is 12.3. The largest absolute Gasteiger partial charge is 0.496 e. The molecular weight excluding hydrogens is 420 g/mol. The van der Waals surface area contributed by atoms with Gasteiger partial charge in [0.15, 0.2) is 9.84 Å². The Kier molecular flexibility index (Phi) is 5.39. The van der Waals surface area contributed by atoms with Crippen molar-refractivity contribution in [1.82, 2.24) is 0 Å². The van der Waals surface area contributed by atoms with Crippen molar-refractivity contribution in [3.8, 4) is 5.75 Å². The Morgan fingerprint density at radius 1 is 1.19 bits per heavy atom. The number of esters is 1. The predicted octanol–water partition coefficient (Wildman–Crippen LogP) is 3.71. The summed E-state index contributed by atoms with van der Waals surface area (Å²) in [7, 11) is -1.85. The van der Waals surface area contributed by atoms with E-state index in [1.807, 2.05) is 24.3 Å². The average molecular weight is 439 g/mol. The van der Waals surface area contributed by atoms with Gasteiger partial charge in [0, 0.05) is 16.3 Å². The highest BCUT2D eigenvalue weighted by molar-refractivity contribution is 9.10. The second kappa shape index (κ2) is 7.40. The molecule has 5 nitrogen and oxygen atoms in total. The first-order valence-corrected chi connectivity index (χ1v) is 10.8. The maximum absolute atomic E-state index is 12.3. The van der Waals surface area contributed by atoms with Crippen molar-refractivity contribution in [3.63, 3.8) is 0 Å². The smallest absolute Gasteiger partial charge is 0.309 e. The van der Waals surface area contributed by atoms with E-state index in [2.05, 4.69) is 15.9 Å². The van der Waals surface area contributed by atoms with E-state index in [4.69, 9.17) is 9.47 Å². The summed E-state index contributed by atoms with van der Waals surface area (Å²) in [5.41, 5.74) is 1.65. The SMILES string of the molecule is COc1ccc(S(C)(=O)=O)cc1COC(=O)[C@@H]1C[C@H]1c1ccc(Br)cc1. The molecule has 0 heterocycles. The zero-order valence-electron chi connectivity index (χ0n) is 14.4. The van der Waals surface area contributed by atoms with E-state index < -0.39 is 9.84 Å². The number of carbonyl (C=O) groups excluding carboxylic acids is 1. The molecule has 0 unspecified atom stereocenters. The molecule has 1 saturated carbocycles. The molecular formula is C19H19BrO5S. The molecule has 0 amide bonds. The van der Waals surface area contributed by atoms with Crippen molar-refractivity contribution in [1.29, 1.82) is 0 Å². The van der Waals surface area contributed by atoms with Crippen LogP contribution in [-0.4, -0.2) is 27.8 Å². The first-order valence-electron chi connectivity index (χ1n) is 8.08. The molecule has 0 aliphatic heterocycles. The number of ether oxygens (including phenoxy) is 2. The third-order valence-electron chi connectivity index (χ3n) is 4.44. The Balaban J connectivity index is 1.66. The van der Waals surface area contributed by atoms with Gasteiger partial charge in [-0.3, -0.25) is 4.79 Å².